The van der Waals surface area contributed by atoms with E-state index >= 15 is 0 Å². The predicted octanol–water partition coefficient (Wildman–Crippen LogP) is 4.67. The molecule has 2 aromatic carbocycles. The summed E-state index contributed by atoms with van der Waals surface area (Å²) in [6.45, 7) is 0. The molecule has 0 atom stereocenters. The van der Waals surface area contributed by atoms with Crippen LogP contribution in [0.2, 0.25) is 0 Å². The average molecular weight is 353 g/mol. The quantitative estimate of drug-likeness (QED) is 0.699. The van der Waals surface area contributed by atoms with Crippen molar-refractivity contribution in [1.82, 2.24) is 4.98 Å². The van der Waals surface area contributed by atoms with E-state index in [0.29, 0.717) is 17.2 Å². The highest BCUT2D eigenvalue weighted by molar-refractivity contribution is 5.99. The van der Waals surface area contributed by atoms with Gasteiger partial charge in [-0.2, -0.15) is 0 Å². The summed E-state index contributed by atoms with van der Waals surface area (Å²) in [5.74, 6) is 0.855. The zero-order chi connectivity index (χ0) is 18.4. The van der Waals surface area contributed by atoms with Crippen LogP contribution in [0.5, 0.6) is 17.2 Å². The number of nitrogens with one attached hydrogen (secondary N) is 2. The molecule has 0 spiro atoms. The SMILES string of the molecule is COc1ccc(NC(=O)Nc2cc(F)cc(Oc3cccnc3)c2)cc1. The Balaban J connectivity index is 1.67. The van der Waals surface area contributed by atoms with Crippen molar-refractivity contribution in [2.45, 2.75) is 0 Å². The Morgan fingerprint density at radius 2 is 1.73 bits per heavy atom. The van der Waals surface area contributed by atoms with Crippen molar-refractivity contribution in [3.63, 3.8) is 0 Å². The molecular weight excluding hydrogens is 337 g/mol. The molecule has 0 bridgehead atoms. The number of benzene rings is 2. The normalized spacial score (nSPS) is 10.1. The highest BCUT2D eigenvalue weighted by Crippen LogP contribution is 2.25. The van der Waals surface area contributed by atoms with Gasteiger partial charge in [-0.05, 0) is 42.5 Å². The van der Waals surface area contributed by atoms with Gasteiger partial charge >= 0.3 is 6.03 Å². The fourth-order valence-corrected chi connectivity index (χ4v) is 2.21. The van der Waals surface area contributed by atoms with Crippen molar-refractivity contribution >= 4 is 17.4 Å². The molecule has 0 fully saturated rings. The Bertz CT molecular complexity index is 886. The van der Waals surface area contributed by atoms with Gasteiger partial charge in [0, 0.05) is 29.7 Å². The molecule has 132 valence electrons. The summed E-state index contributed by atoms with van der Waals surface area (Å²) in [7, 11) is 1.56. The minimum Gasteiger partial charge on any atom is -0.497 e. The predicted molar refractivity (Wildman–Crippen MR) is 96.3 cm³/mol. The van der Waals surface area contributed by atoms with Crippen LogP contribution in [0.1, 0.15) is 0 Å². The van der Waals surface area contributed by atoms with Crippen LogP contribution in [0, 0.1) is 5.82 Å². The van der Waals surface area contributed by atoms with Crippen LogP contribution in [0.25, 0.3) is 0 Å². The van der Waals surface area contributed by atoms with Gasteiger partial charge in [0.25, 0.3) is 0 Å². The number of halogens is 1. The van der Waals surface area contributed by atoms with Crippen LogP contribution < -0.4 is 20.1 Å². The zero-order valence-electron chi connectivity index (χ0n) is 13.9. The maximum atomic E-state index is 13.8. The van der Waals surface area contributed by atoms with Crippen LogP contribution in [-0.2, 0) is 0 Å². The summed E-state index contributed by atoms with van der Waals surface area (Å²) in [4.78, 5) is 16.0. The van der Waals surface area contributed by atoms with Crippen LogP contribution in [0.3, 0.4) is 0 Å². The average Bonchev–Trinajstić information content (AvgIpc) is 2.62. The minimum atomic E-state index is -0.536. The molecule has 6 nitrogen and oxygen atoms in total. The second kappa shape index (κ2) is 7.98. The molecule has 0 radical (unpaired) electrons. The van der Waals surface area contributed by atoms with Crippen LogP contribution >= 0.6 is 0 Å². The van der Waals surface area contributed by atoms with Crippen LogP contribution in [0.4, 0.5) is 20.6 Å². The lowest BCUT2D eigenvalue weighted by Crippen LogP contribution is -2.19. The van der Waals surface area contributed by atoms with E-state index in [9.17, 15) is 9.18 Å². The van der Waals surface area contributed by atoms with Gasteiger partial charge in [-0.25, -0.2) is 9.18 Å². The molecule has 3 aromatic rings. The van der Waals surface area contributed by atoms with Gasteiger partial charge in [0.1, 0.15) is 23.1 Å². The van der Waals surface area contributed by atoms with Crippen molar-refractivity contribution < 1.29 is 18.7 Å². The number of hydrogen-bond donors (Lipinski definition) is 2. The molecule has 2 N–H and O–H groups in total. The molecule has 0 unspecified atom stereocenters. The van der Waals surface area contributed by atoms with Gasteiger partial charge < -0.3 is 20.1 Å². The number of methoxy groups -OCH3 is 1. The molecule has 0 aliphatic rings. The first kappa shape index (κ1) is 17.2. The van der Waals surface area contributed by atoms with E-state index in [1.54, 1.807) is 49.7 Å². The Hall–Kier alpha value is -3.61. The Morgan fingerprint density at radius 1 is 0.962 bits per heavy atom. The standard InChI is InChI=1S/C19H16FN3O3/c1-25-16-6-4-14(5-7-16)22-19(24)23-15-9-13(20)10-18(11-15)26-17-3-2-8-21-12-17/h2-12H,1H3,(H2,22,23,24). The minimum absolute atomic E-state index is 0.248. The van der Waals surface area contributed by atoms with E-state index in [1.807, 2.05) is 0 Å². The number of nitrogens with zero attached hydrogens (tertiary/aromatic N) is 1. The topological polar surface area (TPSA) is 72.5 Å². The van der Waals surface area contributed by atoms with E-state index in [2.05, 4.69) is 15.6 Å². The second-order valence-electron chi connectivity index (χ2n) is 5.27. The van der Waals surface area contributed by atoms with E-state index in [4.69, 9.17) is 9.47 Å². The van der Waals surface area contributed by atoms with Crippen LogP contribution in [-0.4, -0.2) is 18.1 Å². The van der Waals surface area contributed by atoms with E-state index in [1.165, 1.54) is 24.4 Å². The molecule has 0 aliphatic heterocycles. The van der Waals surface area contributed by atoms with Crippen molar-refractivity contribution in [3.05, 3.63) is 72.8 Å². The first-order chi connectivity index (χ1) is 12.6. The molecule has 0 saturated heterocycles. The number of ether oxygens (including phenoxy) is 2. The molecule has 0 aliphatic carbocycles. The summed E-state index contributed by atoms with van der Waals surface area (Å²) in [5.41, 5.74) is 0.835. The Morgan fingerprint density at radius 3 is 2.42 bits per heavy atom. The maximum Gasteiger partial charge on any atom is 0.323 e. The van der Waals surface area contributed by atoms with Crippen molar-refractivity contribution in [3.8, 4) is 17.2 Å². The Labute approximate surface area is 149 Å². The molecular formula is C19H16FN3O3. The number of carbonyl (C=O) groups is 1. The van der Waals surface area contributed by atoms with Gasteiger partial charge in [-0.3, -0.25) is 4.98 Å². The molecule has 7 heteroatoms. The van der Waals surface area contributed by atoms with Gasteiger partial charge in [0.05, 0.1) is 13.3 Å². The number of carbonyl (C=O) groups excluding carboxylic acids is 1. The molecule has 3 rings (SSSR count). The highest BCUT2D eigenvalue weighted by Gasteiger charge is 2.07. The number of hydrogen-bond acceptors (Lipinski definition) is 4. The van der Waals surface area contributed by atoms with E-state index < -0.39 is 11.8 Å². The van der Waals surface area contributed by atoms with E-state index in [-0.39, 0.29) is 11.4 Å². The third kappa shape index (κ3) is 4.70. The highest BCUT2D eigenvalue weighted by atomic mass is 19.1. The second-order valence-corrected chi connectivity index (χ2v) is 5.27. The van der Waals surface area contributed by atoms with Crippen molar-refractivity contribution in [2.24, 2.45) is 0 Å². The number of aromatic nitrogens is 1. The number of anilines is 2. The van der Waals surface area contributed by atoms with Gasteiger partial charge in [0.15, 0.2) is 0 Å². The van der Waals surface area contributed by atoms with Crippen LogP contribution in [0.15, 0.2) is 67.0 Å². The summed E-state index contributed by atoms with van der Waals surface area (Å²) in [5, 5.41) is 5.22. The molecule has 0 saturated carbocycles. The van der Waals surface area contributed by atoms with Gasteiger partial charge in [-0.15, -0.1) is 0 Å². The third-order valence-corrected chi connectivity index (χ3v) is 3.35. The fourth-order valence-electron chi connectivity index (χ4n) is 2.21. The molecule has 1 heterocycles. The number of amides is 2. The van der Waals surface area contributed by atoms with E-state index in [0.717, 1.165) is 0 Å². The first-order valence-electron chi connectivity index (χ1n) is 7.73. The summed E-state index contributed by atoms with van der Waals surface area (Å²) in [6, 6.07) is 13.7. The monoisotopic (exact) mass is 353 g/mol. The van der Waals surface area contributed by atoms with Gasteiger partial charge in [-0.1, -0.05) is 0 Å². The lowest BCUT2D eigenvalue weighted by molar-refractivity contribution is 0.262. The number of urea groups is 1. The van der Waals surface area contributed by atoms with Gasteiger partial charge in [0.2, 0.25) is 0 Å². The number of rotatable bonds is 5. The summed E-state index contributed by atoms with van der Waals surface area (Å²) < 4.78 is 24.4. The fraction of sp³-hybridized carbons (Fsp3) is 0.0526. The largest absolute Gasteiger partial charge is 0.497 e. The zero-order valence-corrected chi connectivity index (χ0v) is 13.9. The molecule has 26 heavy (non-hydrogen) atoms. The first-order valence-corrected chi connectivity index (χ1v) is 7.73. The molecule has 1 aromatic heterocycles. The Kier molecular flexibility index (Phi) is 5.28. The molecule has 2 amide bonds. The third-order valence-electron chi connectivity index (χ3n) is 3.35. The summed E-state index contributed by atoms with van der Waals surface area (Å²) >= 11 is 0. The lowest BCUT2D eigenvalue weighted by atomic mass is 10.3. The van der Waals surface area contributed by atoms with Crippen molar-refractivity contribution in [1.29, 1.82) is 0 Å². The lowest BCUT2D eigenvalue weighted by Gasteiger charge is -2.10. The number of pyridine rings is 1. The smallest absolute Gasteiger partial charge is 0.323 e. The van der Waals surface area contributed by atoms with Crippen molar-refractivity contribution in [2.75, 3.05) is 17.7 Å². The summed E-state index contributed by atoms with van der Waals surface area (Å²) in [6.07, 6.45) is 3.11. The maximum absolute atomic E-state index is 13.8.